The largest absolute Gasteiger partial charge is 0.497 e. The van der Waals surface area contributed by atoms with Gasteiger partial charge in [0.15, 0.2) is 5.13 Å². The van der Waals surface area contributed by atoms with Gasteiger partial charge in [-0.1, -0.05) is 24.3 Å². The second-order valence-electron chi connectivity index (χ2n) is 6.89. The van der Waals surface area contributed by atoms with Crippen LogP contribution in [0.15, 0.2) is 47.8 Å². The van der Waals surface area contributed by atoms with E-state index in [0.717, 1.165) is 31.7 Å². The quantitative estimate of drug-likeness (QED) is 0.667. The van der Waals surface area contributed by atoms with Crippen molar-refractivity contribution in [2.45, 2.75) is 19.5 Å². The number of carbonyl (C=O) groups excluding carboxylic acids is 1. The number of anilines is 1. The van der Waals surface area contributed by atoms with Crippen LogP contribution in [0.1, 0.15) is 27.2 Å². The lowest BCUT2D eigenvalue weighted by Gasteiger charge is -2.27. The van der Waals surface area contributed by atoms with Crippen LogP contribution < -0.4 is 14.8 Å². The van der Waals surface area contributed by atoms with E-state index in [2.05, 4.69) is 39.5 Å². The summed E-state index contributed by atoms with van der Waals surface area (Å²) in [5.41, 5.74) is 4.22. The van der Waals surface area contributed by atoms with Crippen LogP contribution in [-0.4, -0.2) is 36.6 Å². The number of thiazole rings is 1. The smallest absolute Gasteiger partial charge is 0.261 e. The molecule has 2 aromatic carbocycles. The van der Waals surface area contributed by atoms with E-state index in [1.807, 2.05) is 5.38 Å². The van der Waals surface area contributed by atoms with Gasteiger partial charge in [0.25, 0.3) is 5.91 Å². The molecule has 1 aliphatic heterocycles. The van der Waals surface area contributed by atoms with Gasteiger partial charge in [0, 0.05) is 31.1 Å². The Bertz CT molecular complexity index is 1020. The predicted octanol–water partition coefficient (Wildman–Crippen LogP) is 3.97. The van der Waals surface area contributed by atoms with Crippen molar-refractivity contribution >= 4 is 22.4 Å². The molecular formula is C22H23N3O3S. The van der Waals surface area contributed by atoms with Crippen LogP contribution in [0.5, 0.6) is 11.5 Å². The lowest BCUT2D eigenvalue weighted by molar-refractivity contribution is 0.102. The molecule has 150 valence electrons. The summed E-state index contributed by atoms with van der Waals surface area (Å²) >= 11 is 1.43. The highest BCUT2D eigenvalue weighted by molar-refractivity contribution is 7.14. The summed E-state index contributed by atoms with van der Waals surface area (Å²) < 4.78 is 10.5. The molecule has 4 rings (SSSR count). The number of benzene rings is 2. The number of hydrogen-bond acceptors (Lipinski definition) is 6. The third kappa shape index (κ3) is 4.41. The van der Waals surface area contributed by atoms with Gasteiger partial charge in [-0.05, 0) is 29.7 Å². The van der Waals surface area contributed by atoms with Crippen LogP contribution in [0.4, 0.5) is 5.13 Å². The molecule has 0 unspecified atom stereocenters. The summed E-state index contributed by atoms with van der Waals surface area (Å²) in [6, 6.07) is 13.7. The number of methoxy groups -OCH3 is 2. The van der Waals surface area contributed by atoms with E-state index in [1.54, 1.807) is 25.3 Å². The number of aromatic nitrogens is 1. The van der Waals surface area contributed by atoms with Crippen LogP contribution in [0.3, 0.4) is 0 Å². The normalized spacial score (nSPS) is 13.6. The number of ether oxygens (including phenoxy) is 2. The molecule has 0 saturated heterocycles. The number of carbonyl (C=O) groups is 1. The van der Waals surface area contributed by atoms with Crippen molar-refractivity contribution in [3.05, 3.63) is 70.2 Å². The van der Waals surface area contributed by atoms with E-state index < -0.39 is 0 Å². The van der Waals surface area contributed by atoms with Gasteiger partial charge >= 0.3 is 0 Å². The van der Waals surface area contributed by atoms with Gasteiger partial charge in [-0.15, -0.1) is 11.3 Å². The van der Waals surface area contributed by atoms with Gasteiger partial charge in [0.05, 0.1) is 25.5 Å². The maximum atomic E-state index is 12.7. The van der Waals surface area contributed by atoms with Gasteiger partial charge < -0.3 is 9.47 Å². The zero-order valence-electron chi connectivity index (χ0n) is 16.5. The average Bonchev–Trinajstić information content (AvgIpc) is 3.19. The number of fused-ring (bicyclic) bond motifs is 1. The van der Waals surface area contributed by atoms with E-state index in [4.69, 9.17) is 9.47 Å². The number of nitrogens with zero attached hydrogens (tertiary/aromatic N) is 2. The molecule has 0 radical (unpaired) electrons. The molecule has 2 heterocycles. The van der Waals surface area contributed by atoms with Crippen LogP contribution in [0, 0.1) is 0 Å². The topological polar surface area (TPSA) is 63.7 Å². The first-order chi connectivity index (χ1) is 14.2. The van der Waals surface area contributed by atoms with Crippen molar-refractivity contribution in [2.75, 3.05) is 26.1 Å². The van der Waals surface area contributed by atoms with Gasteiger partial charge in [-0.25, -0.2) is 4.98 Å². The van der Waals surface area contributed by atoms with E-state index in [9.17, 15) is 4.79 Å². The Kier molecular flexibility index (Phi) is 5.78. The van der Waals surface area contributed by atoms with E-state index in [0.29, 0.717) is 22.2 Å². The van der Waals surface area contributed by atoms with Gasteiger partial charge in [0.1, 0.15) is 11.5 Å². The van der Waals surface area contributed by atoms with Gasteiger partial charge in [0.2, 0.25) is 0 Å². The molecule has 0 aliphatic carbocycles. The van der Waals surface area contributed by atoms with Crippen LogP contribution in [0.25, 0.3) is 0 Å². The average molecular weight is 410 g/mol. The van der Waals surface area contributed by atoms with Crippen molar-refractivity contribution in [1.82, 2.24) is 9.88 Å². The molecule has 1 amide bonds. The Morgan fingerprint density at radius 3 is 2.79 bits per heavy atom. The van der Waals surface area contributed by atoms with Gasteiger partial charge in [-0.2, -0.15) is 0 Å². The molecule has 0 saturated carbocycles. The Hall–Kier alpha value is -2.90. The van der Waals surface area contributed by atoms with Crippen molar-refractivity contribution in [3.63, 3.8) is 0 Å². The fraction of sp³-hybridized carbons (Fsp3) is 0.273. The first-order valence-corrected chi connectivity index (χ1v) is 10.3. The standard InChI is InChI=1S/C22H23N3O3S/c1-27-18-7-8-19(20(11-18)28-2)21(26)24-22-23-17(14-29-22)13-25-10-9-15-5-3-4-6-16(15)12-25/h3-8,11,14H,9-10,12-13H2,1-2H3,(H,23,24,26). The summed E-state index contributed by atoms with van der Waals surface area (Å²) in [6.07, 6.45) is 1.06. The Morgan fingerprint density at radius 1 is 1.17 bits per heavy atom. The molecule has 7 heteroatoms. The molecule has 0 spiro atoms. The maximum absolute atomic E-state index is 12.7. The summed E-state index contributed by atoms with van der Waals surface area (Å²) in [7, 11) is 3.11. The minimum Gasteiger partial charge on any atom is -0.497 e. The molecular weight excluding hydrogens is 386 g/mol. The van der Waals surface area contributed by atoms with E-state index in [1.165, 1.54) is 29.6 Å². The first kappa shape index (κ1) is 19.4. The van der Waals surface area contributed by atoms with Crippen molar-refractivity contribution in [3.8, 4) is 11.5 Å². The molecule has 0 atom stereocenters. The Morgan fingerprint density at radius 2 is 2.00 bits per heavy atom. The molecule has 29 heavy (non-hydrogen) atoms. The summed E-state index contributed by atoms with van der Waals surface area (Å²) in [6.45, 7) is 2.71. The first-order valence-electron chi connectivity index (χ1n) is 9.43. The molecule has 1 aliphatic rings. The lowest BCUT2D eigenvalue weighted by Crippen LogP contribution is -2.30. The summed E-state index contributed by atoms with van der Waals surface area (Å²) in [5.74, 6) is 0.848. The third-order valence-corrected chi connectivity index (χ3v) is 5.83. The Balaban J connectivity index is 1.40. The molecule has 1 N–H and O–H groups in total. The van der Waals surface area contributed by atoms with Crippen molar-refractivity contribution in [2.24, 2.45) is 0 Å². The zero-order valence-corrected chi connectivity index (χ0v) is 17.3. The number of hydrogen-bond donors (Lipinski definition) is 1. The molecule has 0 bridgehead atoms. The SMILES string of the molecule is COc1ccc(C(=O)Nc2nc(CN3CCc4ccccc4C3)cs2)c(OC)c1. The minimum absolute atomic E-state index is 0.252. The monoisotopic (exact) mass is 409 g/mol. The van der Waals surface area contributed by atoms with E-state index in [-0.39, 0.29) is 5.91 Å². The highest BCUT2D eigenvalue weighted by atomic mass is 32.1. The van der Waals surface area contributed by atoms with E-state index >= 15 is 0 Å². The summed E-state index contributed by atoms with van der Waals surface area (Å²) in [5, 5.41) is 5.46. The second kappa shape index (κ2) is 8.63. The van der Waals surface area contributed by atoms with Crippen molar-refractivity contribution in [1.29, 1.82) is 0 Å². The minimum atomic E-state index is -0.252. The lowest BCUT2D eigenvalue weighted by atomic mass is 10.00. The van der Waals surface area contributed by atoms with Crippen LogP contribution in [0.2, 0.25) is 0 Å². The van der Waals surface area contributed by atoms with Crippen molar-refractivity contribution < 1.29 is 14.3 Å². The third-order valence-electron chi connectivity index (χ3n) is 5.02. The fourth-order valence-corrected chi connectivity index (χ4v) is 4.20. The van der Waals surface area contributed by atoms with Crippen LogP contribution >= 0.6 is 11.3 Å². The molecule has 3 aromatic rings. The Labute approximate surface area is 174 Å². The highest BCUT2D eigenvalue weighted by Crippen LogP contribution is 2.27. The zero-order chi connectivity index (χ0) is 20.2. The molecule has 6 nitrogen and oxygen atoms in total. The highest BCUT2D eigenvalue weighted by Gasteiger charge is 2.18. The summed E-state index contributed by atoms with van der Waals surface area (Å²) in [4.78, 5) is 19.6. The second-order valence-corrected chi connectivity index (χ2v) is 7.75. The number of rotatable bonds is 6. The maximum Gasteiger partial charge on any atom is 0.261 e. The number of amides is 1. The molecule has 1 aromatic heterocycles. The van der Waals surface area contributed by atoms with Crippen LogP contribution in [-0.2, 0) is 19.5 Å². The predicted molar refractivity (Wildman–Crippen MR) is 114 cm³/mol. The molecule has 0 fully saturated rings. The van der Waals surface area contributed by atoms with Gasteiger partial charge in [-0.3, -0.25) is 15.0 Å². The fourth-order valence-electron chi connectivity index (χ4n) is 3.51. The number of nitrogens with one attached hydrogen (secondary N) is 1.